The number of methoxy groups -OCH3 is 1. The summed E-state index contributed by atoms with van der Waals surface area (Å²) in [4.78, 5) is 0. The van der Waals surface area contributed by atoms with Crippen LogP contribution in [0.2, 0.25) is 0 Å². The molecule has 2 aliphatic carbocycles. The highest BCUT2D eigenvalue weighted by Gasteiger charge is 2.57. The molecule has 3 nitrogen and oxygen atoms in total. The normalized spacial score (nSPS) is 26.6. The van der Waals surface area contributed by atoms with Gasteiger partial charge in [0, 0.05) is 17.9 Å². The molecule has 2 saturated carbocycles. The van der Waals surface area contributed by atoms with Gasteiger partial charge in [0.05, 0.1) is 11.6 Å². The van der Waals surface area contributed by atoms with E-state index in [1.54, 1.807) is 7.11 Å². The number of nitrogens with one attached hydrogen (secondary N) is 1. The van der Waals surface area contributed by atoms with Crippen LogP contribution in [0.4, 0.5) is 0 Å². The lowest BCUT2D eigenvalue weighted by Crippen LogP contribution is -2.63. The van der Waals surface area contributed by atoms with Crippen LogP contribution >= 0.6 is 15.9 Å². The second-order valence-electron chi connectivity index (χ2n) is 6.19. The Kier molecular flexibility index (Phi) is 4.46. The van der Waals surface area contributed by atoms with E-state index in [1.807, 2.05) is 18.2 Å². The van der Waals surface area contributed by atoms with Crippen molar-refractivity contribution in [2.75, 3.05) is 13.7 Å². The van der Waals surface area contributed by atoms with Crippen molar-refractivity contribution in [2.24, 2.45) is 5.41 Å². The fraction of sp³-hybridized carbons (Fsp3) is 0.647. The molecule has 0 saturated heterocycles. The summed E-state index contributed by atoms with van der Waals surface area (Å²) in [5.41, 5.74) is 0.357. The van der Waals surface area contributed by atoms with Crippen LogP contribution in [0.25, 0.3) is 0 Å². The number of hydrogen-bond acceptors (Lipinski definition) is 3. The summed E-state index contributed by atoms with van der Waals surface area (Å²) in [6.45, 7) is 3.24. The molecule has 0 aromatic heterocycles. The highest BCUT2D eigenvalue weighted by atomic mass is 79.9. The molecule has 2 aliphatic rings. The van der Waals surface area contributed by atoms with Gasteiger partial charge in [-0.1, -0.05) is 19.8 Å². The van der Waals surface area contributed by atoms with Crippen LogP contribution in [0.3, 0.4) is 0 Å². The third-order valence-corrected chi connectivity index (χ3v) is 5.80. The Morgan fingerprint density at radius 2 is 2.10 bits per heavy atom. The van der Waals surface area contributed by atoms with Crippen LogP contribution in [-0.2, 0) is 0 Å². The first-order chi connectivity index (χ1) is 10.2. The van der Waals surface area contributed by atoms with E-state index in [0.29, 0.717) is 17.6 Å². The monoisotopic (exact) mass is 353 g/mol. The summed E-state index contributed by atoms with van der Waals surface area (Å²) < 4.78 is 12.6. The van der Waals surface area contributed by atoms with E-state index in [2.05, 4.69) is 28.2 Å². The Morgan fingerprint density at radius 1 is 1.33 bits per heavy atom. The van der Waals surface area contributed by atoms with Gasteiger partial charge in [-0.25, -0.2) is 0 Å². The zero-order valence-corrected chi connectivity index (χ0v) is 14.4. The Hall–Kier alpha value is -0.740. The maximum atomic E-state index is 6.35. The first-order valence-corrected chi connectivity index (χ1v) is 8.72. The molecular weight excluding hydrogens is 330 g/mol. The van der Waals surface area contributed by atoms with Gasteiger partial charge in [-0.05, 0) is 53.5 Å². The van der Waals surface area contributed by atoms with E-state index in [9.17, 15) is 0 Å². The van der Waals surface area contributed by atoms with Crippen LogP contribution in [0.5, 0.6) is 11.5 Å². The quantitative estimate of drug-likeness (QED) is 0.862. The van der Waals surface area contributed by atoms with Gasteiger partial charge in [0.15, 0.2) is 0 Å². The highest BCUT2D eigenvalue weighted by Crippen LogP contribution is 2.55. The predicted octanol–water partition coefficient (Wildman–Crippen LogP) is 4.15. The molecule has 3 rings (SSSR count). The van der Waals surface area contributed by atoms with Crippen LogP contribution in [0, 0.1) is 5.41 Å². The van der Waals surface area contributed by atoms with Gasteiger partial charge in [-0.2, -0.15) is 0 Å². The largest absolute Gasteiger partial charge is 0.497 e. The first kappa shape index (κ1) is 15.2. The van der Waals surface area contributed by atoms with Crippen LogP contribution in [0.15, 0.2) is 22.7 Å². The lowest BCUT2D eigenvalue weighted by molar-refractivity contribution is -0.0759. The summed E-state index contributed by atoms with van der Waals surface area (Å²) in [6.07, 6.45) is 6.73. The van der Waals surface area contributed by atoms with E-state index in [4.69, 9.17) is 9.47 Å². The van der Waals surface area contributed by atoms with Gasteiger partial charge in [-0.3, -0.25) is 0 Å². The number of hydrogen-bond donors (Lipinski definition) is 1. The van der Waals surface area contributed by atoms with Crippen molar-refractivity contribution >= 4 is 15.9 Å². The molecule has 1 aromatic rings. The molecule has 1 N–H and O–H groups in total. The maximum Gasteiger partial charge on any atom is 0.134 e. The Morgan fingerprint density at radius 3 is 2.71 bits per heavy atom. The topological polar surface area (TPSA) is 30.5 Å². The molecule has 0 radical (unpaired) electrons. The summed E-state index contributed by atoms with van der Waals surface area (Å²) in [5.74, 6) is 1.78. The molecule has 0 amide bonds. The minimum Gasteiger partial charge on any atom is -0.497 e. The van der Waals surface area contributed by atoms with Gasteiger partial charge in [0.25, 0.3) is 0 Å². The lowest BCUT2D eigenvalue weighted by atomic mass is 9.60. The van der Waals surface area contributed by atoms with E-state index in [0.717, 1.165) is 28.9 Å². The summed E-state index contributed by atoms with van der Waals surface area (Å²) in [5, 5.41) is 3.65. The lowest BCUT2D eigenvalue weighted by Gasteiger charge is -2.54. The number of benzene rings is 1. The standard InChI is InChI=1S/C17H24BrNO2/c1-3-19-15-11-16(17(15)8-4-5-9-17)21-14-7-6-12(20-2)10-13(14)18/h6-7,10,15-16,19H,3-5,8-9,11H2,1-2H3. The van der Waals surface area contributed by atoms with Crippen molar-refractivity contribution < 1.29 is 9.47 Å². The fourth-order valence-electron chi connectivity index (χ4n) is 4.01. The number of halogens is 1. The zero-order chi connectivity index (χ0) is 14.9. The molecule has 2 atom stereocenters. The Balaban J connectivity index is 1.73. The third-order valence-electron chi connectivity index (χ3n) is 5.18. The minimum atomic E-state index is 0.341. The smallest absolute Gasteiger partial charge is 0.134 e. The van der Waals surface area contributed by atoms with Crippen LogP contribution in [0.1, 0.15) is 39.0 Å². The summed E-state index contributed by atoms with van der Waals surface area (Å²) >= 11 is 3.59. The summed E-state index contributed by atoms with van der Waals surface area (Å²) in [7, 11) is 1.68. The van der Waals surface area contributed by atoms with E-state index in [1.165, 1.54) is 25.7 Å². The SMILES string of the molecule is CCNC1CC(Oc2ccc(OC)cc2Br)C12CCCC2. The molecule has 4 heteroatoms. The van der Waals surface area contributed by atoms with E-state index >= 15 is 0 Å². The van der Waals surface area contributed by atoms with Gasteiger partial charge in [0.2, 0.25) is 0 Å². The number of rotatable bonds is 5. The average molecular weight is 354 g/mol. The van der Waals surface area contributed by atoms with Crippen LogP contribution < -0.4 is 14.8 Å². The maximum absolute atomic E-state index is 6.35. The van der Waals surface area contributed by atoms with Crippen molar-refractivity contribution in [3.8, 4) is 11.5 Å². The molecular formula is C17H24BrNO2. The van der Waals surface area contributed by atoms with Crippen LogP contribution in [-0.4, -0.2) is 25.8 Å². The van der Waals surface area contributed by atoms with Crippen molar-refractivity contribution in [3.05, 3.63) is 22.7 Å². The average Bonchev–Trinajstić information content (AvgIpc) is 3.00. The molecule has 2 fully saturated rings. The van der Waals surface area contributed by atoms with Gasteiger partial charge in [0.1, 0.15) is 17.6 Å². The molecule has 0 bridgehead atoms. The van der Waals surface area contributed by atoms with Gasteiger partial charge >= 0.3 is 0 Å². The van der Waals surface area contributed by atoms with Gasteiger partial charge < -0.3 is 14.8 Å². The van der Waals surface area contributed by atoms with Crippen molar-refractivity contribution in [2.45, 2.75) is 51.2 Å². The van der Waals surface area contributed by atoms with Crippen molar-refractivity contribution in [3.63, 3.8) is 0 Å². The van der Waals surface area contributed by atoms with E-state index in [-0.39, 0.29) is 0 Å². The third kappa shape index (κ3) is 2.68. The zero-order valence-electron chi connectivity index (χ0n) is 12.8. The van der Waals surface area contributed by atoms with Crippen molar-refractivity contribution in [1.82, 2.24) is 5.32 Å². The molecule has 21 heavy (non-hydrogen) atoms. The van der Waals surface area contributed by atoms with Crippen molar-refractivity contribution in [1.29, 1.82) is 0 Å². The Labute approximate surface area is 135 Å². The minimum absolute atomic E-state index is 0.341. The van der Waals surface area contributed by atoms with E-state index < -0.39 is 0 Å². The predicted molar refractivity (Wildman–Crippen MR) is 88.1 cm³/mol. The Bertz CT molecular complexity index is 500. The molecule has 0 heterocycles. The summed E-state index contributed by atoms with van der Waals surface area (Å²) in [6, 6.07) is 6.57. The molecule has 1 spiro atoms. The number of ether oxygens (including phenoxy) is 2. The second kappa shape index (κ2) is 6.17. The first-order valence-electron chi connectivity index (χ1n) is 7.93. The van der Waals surface area contributed by atoms with Gasteiger partial charge in [-0.15, -0.1) is 0 Å². The molecule has 0 aliphatic heterocycles. The second-order valence-corrected chi connectivity index (χ2v) is 7.04. The fourth-order valence-corrected chi connectivity index (χ4v) is 4.46. The molecule has 1 aromatic carbocycles. The molecule has 2 unspecified atom stereocenters. The highest BCUT2D eigenvalue weighted by molar-refractivity contribution is 9.10. The molecule has 116 valence electrons.